The summed E-state index contributed by atoms with van der Waals surface area (Å²) in [4.78, 5) is 44.7. The molecule has 5 rings (SSSR count). The van der Waals surface area contributed by atoms with Crippen LogP contribution in [0, 0.1) is 5.41 Å². The summed E-state index contributed by atoms with van der Waals surface area (Å²) < 4.78 is 5.62. The van der Waals surface area contributed by atoms with Crippen molar-refractivity contribution in [2.75, 3.05) is 45.9 Å². The summed E-state index contributed by atoms with van der Waals surface area (Å²) >= 11 is 24.2. The van der Waals surface area contributed by atoms with Gasteiger partial charge in [-0.2, -0.15) is 0 Å². The number of ether oxygens (including phenoxy) is 1. The van der Waals surface area contributed by atoms with Gasteiger partial charge in [-0.25, -0.2) is 9.59 Å². The summed E-state index contributed by atoms with van der Waals surface area (Å²) in [6.07, 6.45) is 2.84. The minimum absolute atomic E-state index is 0.0111. The summed E-state index contributed by atoms with van der Waals surface area (Å²) in [6.45, 7) is 3.46. The molecular formula is C32H39Cl4N5O5. The van der Waals surface area contributed by atoms with Crippen LogP contribution in [0.4, 0.5) is 9.59 Å². The highest BCUT2D eigenvalue weighted by Gasteiger charge is 2.51. The van der Waals surface area contributed by atoms with Gasteiger partial charge in [0.25, 0.3) is 0 Å². The van der Waals surface area contributed by atoms with Gasteiger partial charge in [-0.1, -0.05) is 58.5 Å². The van der Waals surface area contributed by atoms with E-state index in [1.54, 1.807) is 46.2 Å². The molecule has 1 spiro atoms. The maximum absolute atomic E-state index is 13.4. The van der Waals surface area contributed by atoms with E-state index in [1.165, 1.54) is 0 Å². The fourth-order valence-electron chi connectivity index (χ4n) is 6.10. The normalized spacial score (nSPS) is 20.3. The SMILES string of the molecule is O=C(NCc1ccc(Cl)c(Cl)c1)OC[C@H](CCN1CCC2(CC2)[C@H](O)C1)N1CCN(C(=O)NCc2ccc(Cl)c(Cl)c2)CCC1=O. The number of alkyl carbamates (subject to hydrolysis) is 1. The first-order valence-electron chi connectivity index (χ1n) is 15.5. The summed E-state index contributed by atoms with van der Waals surface area (Å²) in [5.41, 5.74) is 1.66. The van der Waals surface area contributed by atoms with Crippen LogP contribution < -0.4 is 10.6 Å². The number of urea groups is 1. The second-order valence-electron chi connectivity index (χ2n) is 12.3. The molecule has 2 aromatic rings. The molecule has 3 N–H and O–H groups in total. The molecule has 250 valence electrons. The van der Waals surface area contributed by atoms with Gasteiger partial charge in [0.2, 0.25) is 5.91 Å². The van der Waals surface area contributed by atoms with Crippen molar-refractivity contribution >= 4 is 64.4 Å². The molecule has 4 amide bonds. The van der Waals surface area contributed by atoms with Crippen molar-refractivity contribution < 1.29 is 24.2 Å². The Labute approximate surface area is 289 Å². The van der Waals surface area contributed by atoms with Gasteiger partial charge in [0.15, 0.2) is 0 Å². The van der Waals surface area contributed by atoms with E-state index in [9.17, 15) is 19.5 Å². The first-order chi connectivity index (χ1) is 22.0. The zero-order valence-electron chi connectivity index (χ0n) is 25.5. The second-order valence-corrected chi connectivity index (χ2v) is 13.9. The third kappa shape index (κ3) is 9.11. The summed E-state index contributed by atoms with van der Waals surface area (Å²) in [6, 6.07) is 9.58. The molecule has 2 saturated heterocycles. The number of hydrogen-bond acceptors (Lipinski definition) is 6. The number of carbonyl (C=O) groups excluding carboxylic acids is 3. The minimum Gasteiger partial charge on any atom is -0.447 e. The Morgan fingerprint density at radius 2 is 1.54 bits per heavy atom. The van der Waals surface area contributed by atoms with E-state index in [4.69, 9.17) is 51.1 Å². The zero-order chi connectivity index (χ0) is 32.8. The Bertz CT molecular complexity index is 1430. The van der Waals surface area contributed by atoms with Crippen molar-refractivity contribution in [1.29, 1.82) is 0 Å². The number of nitrogens with one attached hydrogen (secondary N) is 2. The van der Waals surface area contributed by atoms with Crippen LogP contribution in [-0.4, -0.2) is 95.9 Å². The van der Waals surface area contributed by atoms with Gasteiger partial charge in [-0.05, 0) is 73.0 Å². The minimum atomic E-state index is -0.620. The Balaban J connectivity index is 1.17. The molecule has 0 bridgehead atoms. The van der Waals surface area contributed by atoms with Gasteiger partial charge in [-0.15, -0.1) is 0 Å². The number of carbonyl (C=O) groups is 3. The summed E-state index contributed by atoms with van der Waals surface area (Å²) in [5, 5.41) is 18.0. The van der Waals surface area contributed by atoms with E-state index in [0.29, 0.717) is 52.7 Å². The van der Waals surface area contributed by atoms with Crippen molar-refractivity contribution in [1.82, 2.24) is 25.3 Å². The molecule has 2 atom stereocenters. The standard InChI is InChI=1S/C32H39Cl4N5O5/c33-24-3-1-21(15-26(24)35)17-37-30(44)40-11-6-29(43)41(14-13-40)23(5-10-39-12-9-32(7-8-32)28(42)19-39)20-46-31(45)38-18-22-2-4-25(34)27(36)16-22/h1-4,15-16,23,28,42H,5-14,17-20H2,(H,37,44)(H,38,45)/t23-,28+/m0/s1. The number of aliphatic hydroxyl groups is 1. The average molecular weight is 716 g/mol. The monoisotopic (exact) mass is 713 g/mol. The van der Waals surface area contributed by atoms with Crippen LogP contribution in [0.5, 0.6) is 0 Å². The Hall–Kier alpha value is -2.47. The van der Waals surface area contributed by atoms with Gasteiger partial charge in [0.1, 0.15) is 6.61 Å². The van der Waals surface area contributed by atoms with Crippen LogP contribution in [0.3, 0.4) is 0 Å². The Morgan fingerprint density at radius 1 is 0.891 bits per heavy atom. The number of hydrogen-bond donors (Lipinski definition) is 3. The maximum atomic E-state index is 13.4. The van der Waals surface area contributed by atoms with Crippen LogP contribution in [0.1, 0.15) is 43.2 Å². The number of nitrogens with zero attached hydrogens (tertiary/aromatic N) is 3. The van der Waals surface area contributed by atoms with Crippen LogP contribution in [-0.2, 0) is 22.6 Å². The molecule has 3 fully saturated rings. The highest BCUT2D eigenvalue weighted by Crippen LogP contribution is 2.53. The van der Waals surface area contributed by atoms with E-state index in [-0.39, 0.29) is 56.1 Å². The largest absolute Gasteiger partial charge is 0.447 e. The molecule has 0 unspecified atom stereocenters. The molecule has 14 heteroatoms. The molecule has 0 aromatic heterocycles. The van der Waals surface area contributed by atoms with Crippen LogP contribution in [0.15, 0.2) is 36.4 Å². The highest BCUT2D eigenvalue weighted by atomic mass is 35.5. The van der Waals surface area contributed by atoms with E-state index >= 15 is 0 Å². The third-order valence-corrected chi connectivity index (χ3v) is 10.7. The van der Waals surface area contributed by atoms with E-state index < -0.39 is 12.1 Å². The highest BCUT2D eigenvalue weighted by molar-refractivity contribution is 6.42. The lowest BCUT2D eigenvalue weighted by Gasteiger charge is -2.38. The lowest BCUT2D eigenvalue weighted by atomic mass is 9.90. The smallest absolute Gasteiger partial charge is 0.407 e. The number of piperidine rings is 1. The third-order valence-electron chi connectivity index (χ3n) is 9.24. The first kappa shape index (κ1) is 34.9. The molecule has 3 aliphatic rings. The van der Waals surface area contributed by atoms with Crippen LogP contribution in [0.25, 0.3) is 0 Å². The molecule has 46 heavy (non-hydrogen) atoms. The van der Waals surface area contributed by atoms with Gasteiger partial charge in [0, 0.05) is 52.2 Å². The van der Waals surface area contributed by atoms with E-state index in [1.807, 2.05) is 0 Å². The van der Waals surface area contributed by atoms with E-state index in [2.05, 4.69) is 15.5 Å². The fraction of sp³-hybridized carbons (Fsp3) is 0.531. The molecular weight excluding hydrogens is 676 g/mol. The van der Waals surface area contributed by atoms with Gasteiger partial charge < -0.3 is 35.2 Å². The Kier molecular flexibility index (Phi) is 11.8. The quantitative estimate of drug-likeness (QED) is 0.297. The first-order valence-corrected chi connectivity index (χ1v) is 17.1. The molecule has 1 aliphatic carbocycles. The van der Waals surface area contributed by atoms with Gasteiger partial charge >= 0.3 is 12.1 Å². The number of β-amino-alcohol motifs (C(OH)–C–C–N with tert-alkyl or cyclic N) is 1. The zero-order valence-corrected chi connectivity index (χ0v) is 28.5. The maximum Gasteiger partial charge on any atom is 0.407 e. The van der Waals surface area contributed by atoms with Crippen molar-refractivity contribution in [3.63, 3.8) is 0 Å². The van der Waals surface area contributed by atoms with Gasteiger partial charge in [0.05, 0.1) is 32.2 Å². The fourth-order valence-corrected chi connectivity index (χ4v) is 6.74. The predicted molar refractivity (Wildman–Crippen MR) is 178 cm³/mol. The van der Waals surface area contributed by atoms with E-state index in [0.717, 1.165) is 36.9 Å². The van der Waals surface area contributed by atoms with Gasteiger partial charge in [-0.3, -0.25) is 4.79 Å². The topological polar surface area (TPSA) is 114 Å². The van der Waals surface area contributed by atoms with Crippen molar-refractivity contribution in [2.45, 2.75) is 57.3 Å². The number of halogens is 4. The lowest BCUT2D eigenvalue weighted by Crippen LogP contribution is -2.49. The van der Waals surface area contributed by atoms with Crippen molar-refractivity contribution in [3.8, 4) is 0 Å². The van der Waals surface area contributed by atoms with Crippen molar-refractivity contribution in [2.24, 2.45) is 5.41 Å². The number of benzene rings is 2. The van der Waals surface area contributed by atoms with Crippen molar-refractivity contribution in [3.05, 3.63) is 67.6 Å². The molecule has 2 aliphatic heterocycles. The van der Waals surface area contributed by atoms with Crippen LogP contribution >= 0.6 is 46.4 Å². The molecule has 2 aromatic carbocycles. The molecule has 0 radical (unpaired) electrons. The molecule has 10 nitrogen and oxygen atoms in total. The predicted octanol–water partition coefficient (Wildman–Crippen LogP) is 5.58. The second kappa shape index (κ2) is 15.6. The summed E-state index contributed by atoms with van der Waals surface area (Å²) in [5.74, 6) is -0.111. The number of aliphatic hydroxyl groups excluding tert-OH is 1. The summed E-state index contributed by atoms with van der Waals surface area (Å²) in [7, 11) is 0. The lowest BCUT2D eigenvalue weighted by molar-refractivity contribution is -0.133. The molecule has 1 saturated carbocycles. The molecule has 2 heterocycles. The number of likely N-dealkylation sites (tertiary alicyclic amines) is 1. The number of amides is 4. The van der Waals surface area contributed by atoms with Crippen LogP contribution in [0.2, 0.25) is 20.1 Å². The Morgan fingerprint density at radius 3 is 2.15 bits per heavy atom. The number of rotatable bonds is 10. The average Bonchev–Trinajstić information content (AvgIpc) is 3.85.